The fraction of sp³-hybridized carbons (Fsp3) is 0.650. The summed E-state index contributed by atoms with van der Waals surface area (Å²) in [5, 5.41) is 0.243. The van der Waals surface area contributed by atoms with Gasteiger partial charge in [-0.1, -0.05) is 58.4 Å². The Morgan fingerprint density at radius 1 is 1.13 bits per heavy atom. The van der Waals surface area contributed by atoms with Crippen molar-refractivity contribution in [2.24, 2.45) is 0 Å². The Bertz CT molecular complexity index is 571. The van der Waals surface area contributed by atoms with Gasteiger partial charge in [0.1, 0.15) is 0 Å². The smallest absolute Gasteiger partial charge is 0.191 e. The predicted octanol–water partition coefficient (Wildman–Crippen LogP) is 5.72. The summed E-state index contributed by atoms with van der Waals surface area (Å²) in [5.41, 5.74) is 1.97. The molecule has 3 heteroatoms. The molecule has 0 aromatic heterocycles. The van der Waals surface area contributed by atoms with Crippen molar-refractivity contribution in [1.29, 1.82) is 0 Å². The maximum absolute atomic E-state index is 12.7. The number of fused-ring (bicyclic) bond motifs is 1. The molecule has 128 valence electrons. The van der Waals surface area contributed by atoms with Crippen LogP contribution in [-0.2, 0) is 9.84 Å². The number of rotatable bonds is 7. The Hall–Kier alpha value is -0.933. The molecule has 0 fully saturated rings. The Balaban J connectivity index is 2.00. The summed E-state index contributed by atoms with van der Waals surface area (Å²) < 4.78 is 6.29. The van der Waals surface area contributed by atoms with E-state index in [9.17, 15) is 4.79 Å². The molecule has 0 radical (unpaired) electrons. The molecule has 1 unspecified atom stereocenters. The van der Waals surface area contributed by atoms with Gasteiger partial charge in [0, 0.05) is 12.2 Å². The lowest BCUT2D eigenvalue weighted by molar-refractivity contribution is 0.0799. The second kappa shape index (κ2) is 6.52. The van der Waals surface area contributed by atoms with E-state index in [1.54, 1.807) is 0 Å². The summed E-state index contributed by atoms with van der Waals surface area (Å²) in [6.07, 6.45) is 3.89. The highest BCUT2D eigenvalue weighted by molar-refractivity contribution is 6.74. The number of carbonyl (C=O) groups is 1. The van der Waals surface area contributed by atoms with E-state index in [-0.39, 0.29) is 10.5 Å². The lowest BCUT2D eigenvalue weighted by Gasteiger charge is -2.43. The number of hydrogen-bond acceptors (Lipinski definition) is 2. The van der Waals surface area contributed by atoms with E-state index in [4.69, 9.17) is 4.43 Å². The van der Waals surface area contributed by atoms with E-state index >= 15 is 0 Å². The van der Waals surface area contributed by atoms with Crippen LogP contribution in [0.15, 0.2) is 24.3 Å². The van der Waals surface area contributed by atoms with Gasteiger partial charge in [0.05, 0.1) is 5.41 Å². The molecule has 0 saturated carbocycles. The molecule has 1 aliphatic rings. The van der Waals surface area contributed by atoms with Gasteiger partial charge in [0.15, 0.2) is 14.1 Å². The molecule has 0 aliphatic heterocycles. The van der Waals surface area contributed by atoms with Crippen LogP contribution in [-0.4, -0.2) is 20.7 Å². The van der Waals surface area contributed by atoms with Crippen LogP contribution >= 0.6 is 0 Å². The fourth-order valence-corrected chi connectivity index (χ4v) is 4.47. The molecule has 23 heavy (non-hydrogen) atoms. The van der Waals surface area contributed by atoms with E-state index in [1.807, 2.05) is 12.1 Å². The first-order valence-corrected chi connectivity index (χ1v) is 11.8. The minimum absolute atomic E-state index is 0.234. The fourth-order valence-electron chi connectivity index (χ4n) is 3.38. The standard InChI is InChI=1S/C20H32O2Si/c1-7-13-20(17-12-9-8-11-16(17)18(20)21)14-10-15-22-23(5,6)19(2,3)4/h8-9,11-12H,7,10,13-15H2,1-6H3. The van der Waals surface area contributed by atoms with Crippen LogP contribution in [0.5, 0.6) is 0 Å². The molecule has 1 aromatic carbocycles. The second-order valence-corrected chi connectivity index (χ2v) is 13.2. The number of ketones is 1. The van der Waals surface area contributed by atoms with Crippen LogP contribution in [0.3, 0.4) is 0 Å². The lowest BCUT2D eigenvalue weighted by atomic mass is 9.58. The summed E-state index contributed by atoms with van der Waals surface area (Å²) in [5.74, 6) is 0.349. The van der Waals surface area contributed by atoms with Gasteiger partial charge in [-0.25, -0.2) is 0 Å². The molecule has 0 saturated heterocycles. The van der Waals surface area contributed by atoms with Gasteiger partial charge in [-0.2, -0.15) is 0 Å². The third-order valence-corrected chi connectivity index (χ3v) is 10.4. The highest BCUT2D eigenvalue weighted by atomic mass is 28.4. The first-order valence-electron chi connectivity index (χ1n) is 8.94. The van der Waals surface area contributed by atoms with Crippen molar-refractivity contribution < 1.29 is 9.22 Å². The van der Waals surface area contributed by atoms with E-state index < -0.39 is 8.32 Å². The molecular weight excluding hydrogens is 300 g/mol. The number of Topliss-reactive ketones (excluding diaryl/α,β-unsaturated/α-hetero) is 1. The maximum Gasteiger partial charge on any atom is 0.191 e. The normalized spacial score (nSPS) is 21.0. The molecule has 0 heterocycles. The van der Waals surface area contributed by atoms with Gasteiger partial charge < -0.3 is 4.43 Å². The first kappa shape index (κ1) is 18.4. The molecule has 2 nitrogen and oxygen atoms in total. The molecule has 2 rings (SSSR count). The molecule has 0 amide bonds. The molecule has 1 aliphatic carbocycles. The quantitative estimate of drug-likeness (QED) is 0.471. The second-order valence-electron chi connectivity index (χ2n) is 8.42. The van der Waals surface area contributed by atoms with Crippen LogP contribution in [0.25, 0.3) is 0 Å². The molecule has 0 N–H and O–H groups in total. The van der Waals surface area contributed by atoms with Gasteiger partial charge in [-0.15, -0.1) is 0 Å². The van der Waals surface area contributed by atoms with E-state index in [2.05, 4.69) is 52.9 Å². The summed E-state index contributed by atoms with van der Waals surface area (Å²) >= 11 is 0. The van der Waals surface area contributed by atoms with Gasteiger partial charge in [-0.05, 0) is 43.0 Å². The third-order valence-electron chi connectivity index (χ3n) is 5.82. The Labute approximate surface area is 142 Å². The van der Waals surface area contributed by atoms with E-state index in [1.165, 1.54) is 5.56 Å². The average Bonchev–Trinajstić information content (AvgIpc) is 2.48. The zero-order chi connectivity index (χ0) is 17.3. The van der Waals surface area contributed by atoms with Gasteiger partial charge >= 0.3 is 0 Å². The lowest BCUT2D eigenvalue weighted by Crippen LogP contribution is -2.46. The highest BCUT2D eigenvalue weighted by Gasteiger charge is 2.49. The van der Waals surface area contributed by atoms with Crippen LogP contribution in [0, 0.1) is 0 Å². The number of hydrogen-bond donors (Lipinski definition) is 0. The van der Waals surface area contributed by atoms with Crippen molar-refractivity contribution in [1.82, 2.24) is 0 Å². The SMILES string of the molecule is CCCC1(CCCO[Si](C)(C)C(C)(C)C)C(=O)c2ccccc21. The largest absolute Gasteiger partial charge is 0.417 e. The molecular formula is C20H32O2Si. The van der Waals surface area contributed by atoms with E-state index in [0.29, 0.717) is 5.78 Å². The maximum atomic E-state index is 12.7. The van der Waals surface area contributed by atoms with Crippen molar-refractivity contribution in [2.45, 2.75) is 76.9 Å². The van der Waals surface area contributed by atoms with Gasteiger partial charge in [-0.3, -0.25) is 4.79 Å². The average molecular weight is 333 g/mol. The number of benzene rings is 1. The van der Waals surface area contributed by atoms with Crippen LogP contribution in [0.2, 0.25) is 18.1 Å². The topological polar surface area (TPSA) is 26.3 Å². The van der Waals surface area contributed by atoms with Crippen LogP contribution < -0.4 is 0 Å². The third kappa shape index (κ3) is 3.31. The van der Waals surface area contributed by atoms with Gasteiger partial charge in [0.2, 0.25) is 0 Å². The monoisotopic (exact) mass is 332 g/mol. The molecule has 1 aromatic rings. The summed E-state index contributed by atoms with van der Waals surface area (Å²) in [7, 11) is -1.69. The van der Waals surface area contributed by atoms with Crippen molar-refractivity contribution in [3.8, 4) is 0 Å². The first-order chi connectivity index (χ1) is 10.7. The van der Waals surface area contributed by atoms with Crippen molar-refractivity contribution in [3.05, 3.63) is 35.4 Å². The van der Waals surface area contributed by atoms with Crippen LogP contribution in [0.4, 0.5) is 0 Å². The zero-order valence-electron chi connectivity index (χ0n) is 15.7. The van der Waals surface area contributed by atoms with Crippen LogP contribution in [0.1, 0.15) is 69.3 Å². The molecule has 1 atom stereocenters. The molecule has 0 bridgehead atoms. The Kier molecular flexibility index (Phi) is 5.22. The van der Waals surface area contributed by atoms with Crippen molar-refractivity contribution in [2.75, 3.05) is 6.61 Å². The minimum Gasteiger partial charge on any atom is -0.417 e. The Morgan fingerprint density at radius 2 is 1.78 bits per heavy atom. The summed E-state index contributed by atoms with van der Waals surface area (Å²) in [4.78, 5) is 12.7. The summed E-state index contributed by atoms with van der Waals surface area (Å²) in [6, 6.07) is 8.13. The van der Waals surface area contributed by atoms with Crippen molar-refractivity contribution >= 4 is 14.1 Å². The van der Waals surface area contributed by atoms with Crippen molar-refractivity contribution in [3.63, 3.8) is 0 Å². The predicted molar refractivity (Wildman–Crippen MR) is 99.7 cm³/mol. The highest BCUT2D eigenvalue weighted by Crippen LogP contribution is 2.47. The minimum atomic E-state index is -1.69. The number of carbonyl (C=O) groups excluding carboxylic acids is 1. The van der Waals surface area contributed by atoms with E-state index in [0.717, 1.165) is 37.9 Å². The Morgan fingerprint density at radius 3 is 2.39 bits per heavy atom. The summed E-state index contributed by atoms with van der Waals surface area (Å²) in [6.45, 7) is 14.3. The van der Waals surface area contributed by atoms with Gasteiger partial charge in [0.25, 0.3) is 0 Å². The molecule has 0 spiro atoms. The zero-order valence-corrected chi connectivity index (χ0v) is 16.7.